The minimum atomic E-state index is 0.0721. The first-order valence-corrected chi connectivity index (χ1v) is 18.4. The summed E-state index contributed by atoms with van der Waals surface area (Å²) in [6.45, 7) is 14.9. The molecule has 54 heavy (non-hydrogen) atoms. The molecule has 0 aromatic heterocycles. The molecule has 0 radical (unpaired) electrons. The van der Waals surface area contributed by atoms with Crippen LogP contribution >= 0.6 is 0 Å². The molecule has 0 amide bonds. The molecule has 0 spiro atoms. The van der Waals surface area contributed by atoms with E-state index in [-0.39, 0.29) is 5.41 Å². The molecule has 0 aliphatic rings. The van der Waals surface area contributed by atoms with Gasteiger partial charge in [-0.2, -0.15) is 0 Å². The first kappa shape index (κ1) is 37.5. The number of anilines is 6. The maximum absolute atomic E-state index is 5.43. The Bertz CT molecular complexity index is 2160. The fourth-order valence-corrected chi connectivity index (χ4v) is 6.47. The smallest absolute Gasteiger partial charge is 0.119 e. The van der Waals surface area contributed by atoms with Gasteiger partial charge in [0.25, 0.3) is 0 Å². The van der Waals surface area contributed by atoms with Crippen molar-refractivity contribution in [3.05, 3.63) is 187 Å². The number of rotatable bonds is 12. The summed E-state index contributed by atoms with van der Waals surface area (Å²) in [7, 11) is 3.37. The van der Waals surface area contributed by atoms with E-state index in [0.717, 1.165) is 73.5 Å². The molecule has 0 saturated carbocycles. The van der Waals surface area contributed by atoms with Gasteiger partial charge in [-0.3, -0.25) is 0 Å². The lowest BCUT2D eigenvalue weighted by Gasteiger charge is -2.27. The van der Waals surface area contributed by atoms with Gasteiger partial charge in [0, 0.05) is 34.1 Å². The van der Waals surface area contributed by atoms with E-state index >= 15 is 0 Å². The van der Waals surface area contributed by atoms with Gasteiger partial charge in [-0.15, -0.1) is 0 Å². The van der Waals surface area contributed by atoms with Gasteiger partial charge in [0.2, 0.25) is 0 Å². The van der Waals surface area contributed by atoms with Crippen molar-refractivity contribution >= 4 is 39.7 Å². The van der Waals surface area contributed by atoms with Crippen LogP contribution in [0.1, 0.15) is 45.7 Å². The third kappa shape index (κ3) is 8.67. The van der Waals surface area contributed by atoms with E-state index < -0.39 is 0 Å². The second-order valence-electron chi connectivity index (χ2n) is 14.4. The van der Waals surface area contributed by atoms with Crippen molar-refractivity contribution in [3.63, 3.8) is 0 Å². The van der Waals surface area contributed by atoms with Crippen molar-refractivity contribution in [2.24, 2.45) is 0 Å². The standard InChI is InChI=1S/C50H50N2O2/c1-9-37(11-10-36(2)3)38-12-20-42(21-13-38)51(45-26-18-41(19-27-45)50(4,5)6)43-22-14-39(15-23-43)40-16-24-44(25-17-40)52(46-28-32-48(53-7)33-29-46)47-30-34-49(54-8)35-31-47/h9-35H,2H2,1,3-8H3/b11-10-,37-9+. The minimum absolute atomic E-state index is 0.0721. The summed E-state index contributed by atoms with van der Waals surface area (Å²) < 4.78 is 10.9. The van der Waals surface area contributed by atoms with Crippen LogP contribution in [0.25, 0.3) is 16.7 Å². The Kier molecular flexibility index (Phi) is 11.5. The number of hydrogen-bond donors (Lipinski definition) is 0. The molecule has 0 unspecified atom stereocenters. The number of benzene rings is 6. The highest BCUT2D eigenvalue weighted by molar-refractivity contribution is 5.82. The van der Waals surface area contributed by atoms with Crippen LogP contribution in [-0.2, 0) is 5.41 Å². The van der Waals surface area contributed by atoms with Gasteiger partial charge in [0.15, 0.2) is 0 Å². The molecule has 0 fully saturated rings. The van der Waals surface area contributed by atoms with E-state index in [0.29, 0.717) is 0 Å². The average molecular weight is 711 g/mol. The van der Waals surface area contributed by atoms with Gasteiger partial charge in [0.05, 0.1) is 14.2 Å². The Labute approximate surface area is 322 Å². The molecule has 0 aliphatic heterocycles. The van der Waals surface area contributed by atoms with Crippen LogP contribution in [0.4, 0.5) is 34.1 Å². The number of nitrogens with zero attached hydrogens (tertiary/aromatic N) is 2. The summed E-state index contributed by atoms with van der Waals surface area (Å²) >= 11 is 0. The van der Waals surface area contributed by atoms with Crippen LogP contribution in [0.3, 0.4) is 0 Å². The van der Waals surface area contributed by atoms with Gasteiger partial charge in [-0.25, -0.2) is 0 Å². The van der Waals surface area contributed by atoms with E-state index in [2.05, 4.69) is 184 Å². The summed E-state index contributed by atoms with van der Waals surface area (Å²) in [5.41, 5.74) is 13.4. The molecule has 6 aromatic carbocycles. The molecule has 4 nitrogen and oxygen atoms in total. The maximum atomic E-state index is 5.43. The summed E-state index contributed by atoms with van der Waals surface area (Å²) in [6.07, 6.45) is 6.32. The van der Waals surface area contributed by atoms with Gasteiger partial charge in [-0.1, -0.05) is 99.7 Å². The lowest BCUT2D eigenvalue weighted by Crippen LogP contribution is -2.13. The molecule has 6 aromatic rings. The van der Waals surface area contributed by atoms with Gasteiger partial charge >= 0.3 is 0 Å². The van der Waals surface area contributed by atoms with E-state index in [1.54, 1.807) is 14.2 Å². The van der Waals surface area contributed by atoms with Gasteiger partial charge in [0.1, 0.15) is 11.5 Å². The predicted octanol–water partition coefficient (Wildman–Crippen LogP) is 14.1. The number of methoxy groups -OCH3 is 2. The fourth-order valence-electron chi connectivity index (χ4n) is 6.47. The lowest BCUT2D eigenvalue weighted by atomic mass is 9.87. The molecule has 0 bridgehead atoms. The Morgan fingerprint density at radius 1 is 0.500 bits per heavy atom. The molecule has 0 atom stereocenters. The lowest BCUT2D eigenvalue weighted by molar-refractivity contribution is 0.415. The molecular weight excluding hydrogens is 661 g/mol. The number of ether oxygens (including phenoxy) is 2. The number of hydrogen-bond acceptors (Lipinski definition) is 4. The summed E-state index contributed by atoms with van der Waals surface area (Å²) in [4.78, 5) is 4.56. The molecule has 4 heteroatoms. The molecule has 0 N–H and O–H groups in total. The van der Waals surface area contributed by atoms with Crippen molar-refractivity contribution in [2.45, 2.75) is 40.0 Å². The average Bonchev–Trinajstić information content (AvgIpc) is 3.20. The van der Waals surface area contributed by atoms with Crippen LogP contribution in [0.15, 0.2) is 176 Å². The fraction of sp³-hybridized carbons (Fsp3) is 0.160. The Morgan fingerprint density at radius 2 is 0.833 bits per heavy atom. The minimum Gasteiger partial charge on any atom is -0.497 e. The quantitative estimate of drug-likeness (QED) is 0.118. The van der Waals surface area contributed by atoms with Crippen LogP contribution in [0, 0.1) is 0 Å². The zero-order chi connectivity index (χ0) is 38.2. The van der Waals surface area contributed by atoms with Crippen molar-refractivity contribution in [1.82, 2.24) is 0 Å². The molecule has 6 rings (SSSR count). The van der Waals surface area contributed by atoms with Gasteiger partial charge < -0.3 is 19.3 Å². The summed E-state index contributed by atoms with van der Waals surface area (Å²) in [5.74, 6) is 1.64. The van der Waals surface area contributed by atoms with Crippen LogP contribution in [0.2, 0.25) is 0 Å². The van der Waals surface area contributed by atoms with Crippen LogP contribution < -0.4 is 19.3 Å². The van der Waals surface area contributed by atoms with Crippen molar-refractivity contribution in [1.29, 1.82) is 0 Å². The summed E-state index contributed by atoms with van der Waals surface area (Å²) in [5, 5.41) is 0. The van der Waals surface area contributed by atoms with E-state index in [4.69, 9.17) is 9.47 Å². The van der Waals surface area contributed by atoms with Crippen LogP contribution in [-0.4, -0.2) is 14.2 Å². The second-order valence-corrected chi connectivity index (χ2v) is 14.4. The first-order chi connectivity index (χ1) is 26.1. The van der Waals surface area contributed by atoms with E-state index in [1.165, 1.54) is 5.56 Å². The topological polar surface area (TPSA) is 24.9 Å². The molecule has 272 valence electrons. The zero-order valence-corrected chi connectivity index (χ0v) is 32.5. The normalized spacial score (nSPS) is 11.7. The largest absolute Gasteiger partial charge is 0.497 e. The Balaban J connectivity index is 1.32. The zero-order valence-electron chi connectivity index (χ0n) is 32.5. The molecule has 0 heterocycles. The maximum Gasteiger partial charge on any atom is 0.119 e. The highest BCUT2D eigenvalue weighted by atomic mass is 16.5. The third-order valence-electron chi connectivity index (χ3n) is 9.55. The van der Waals surface area contributed by atoms with Crippen LogP contribution in [0.5, 0.6) is 11.5 Å². The predicted molar refractivity (Wildman–Crippen MR) is 231 cm³/mol. The van der Waals surface area contributed by atoms with E-state index in [1.807, 2.05) is 31.2 Å². The second kappa shape index (κ2) is 16.6. The molecule has 0 aliphatic carbocycles. The molecular formula is C50H50N2O2. The Morgan fingerprint density at radius 3 is 1.15 bits per heavy atom. The van der Waals surface area contributed by atoms with E-state index in [9.17, 15) is 0 Å². The highest BCUT2D eigenvalue weighted by Crippen LogP contribution is 2.39. The van der Waals surface area contributed by atoms with Gasteiger partial charge in [-0.05, 0) is 144 Å². The first-order valence-electron chi connectivity index (χ1n) is 18.4. The molecule has 0 saturated heterocycles. The Hall–Kier alpha value is -6.26. The van der Waals surface area contributed by atoms with Crippen molar-refractivity contribution in [3.8, 4) is 22.6 Å². The monoisotopic (exact) mass is 710 g/mol. The van der Waals surface area contributed by atoms with Crippen molar-refractivity contribution in [2.75, 3.05) is 24.0 Å². The summed E-state index contributed by atoms with van der Waals surface area (Å²) in [6, 6.07) is 51.6. The highest BCUT2D eigenvalue weighted by Gasteiger charge is 2.18. The SMILES string of the molecule is C=C(C)/C=C\C(=C/C)c1ccc(N(c2ccc(-c3ccc(N(c4ccc(OC)cc4)c4ccc(OC)cc4)cc3)cc2)c2ccc(C(C)(C)C)cc2)cc1. The number of allylic oxidation sites excluding steroid dienone is 5. The third-order valence-corrected chi connectivity index (χ3v) is 9.55. The van der Waals surface area contributed by atoms with Crippen molar-refractivity contribution < 1.29 is 9.47 Å².